The van der Waals surface area contributed by atoms with E-state index >= 15 is 0 Å². The van der Waals surface area contributed by atoms with E-state index in [1.54, 1.807) is 12.1 Å². The van der Waals surface area contributed by atoms with E-state index in [1.165, 1.54) is 6.07 Å². The monoisotopic (exact) mass is 312 g/mol. The first-order chi connectivity index (χ1) is 10.1. The normalized spacial score (nSPS) is 22.7. The maximum atomic E-state index is 13.2. The average Bonchev–Trinajstić information content (AvgIpc) is 3.04. The van der Waals surface area contributed by atoms with Crippen LogP contribution in [0.2, 0.25) is 5.02 Å². The fraction of sp³-hybridized carbons (Fsp3) is 0.533. The Morgan fingerprint density at radius 1 is 1.29 bits per heavy atom. The molecule has 0 spiro atoms. The van der Waals surface area contributed by atoms with E-state index in [2.05, 4.69) is 4.90 Å². The molecule has 1 aromatic rings. The first kappa shape index (κ1) is 14.6. The minimum atomic E-state index is -0.407. The van der Waals surface area contributed by atoms with Crippen molar-refractivity contribution in [3.63, 3.8) is 0 Å². The zero-order valence-corrected chi connectivity index (χ0v) is 12.5. The van der Waals surface area contributed by atoms with Gasteiger partial charge in [0.05, 0.1) is 17.5 Å². The lowest BCUT2D eigenvalue weighted by molar-refractivity contribution is -0.135. The highest BCUT2D eigenvalue weighted by Gasteiger charge is 2.30. The van der Waals surface area contributed by atoms with Gasteiger partial charge in [0, 0.05) is 38.5 Å². The van der Waals surface area contributed by atoms with Crippen molar-refractivity contribution in [2.24, 2.45) is 5.92 Å². The van der Waals surface area contributed by atoms with Gasteiger partial charge in [0.1, 0.15) is 5.82 Å². The lowest BCUT2D eigenvalue weighted by atomic mass is 10.1. The molecule has 1 aromatic carbocycles. The minimum absolute atomic E-state index is 0.0248. The summed E-state index contributed by atoms with van der Waals surface area (Å²) in [7, 11) is 0. The number of ether oxygens (including phenoxy) is 1. The third-order valence-corrected chi connectivity index (χ3v) is 4.43. The second kappa shape index (κ2) is 6.20. The molecule has 0 radical (unpaired) electrons. The molecule has 1 atom stereocenters. The van der Waals surface area contributed by atoms with Gasteiger partial charge in [-0.2, -0.15) is 0 Å². The fourth-order valence-corrected chi connectivity index (χ4v) is 3.03. The maximum Gasteiger partial charge on any atom is 0.228 e. The largest absolute Gasteiger partial charge is 0.381 e. The molecule has 114 valence electrons. The molecular weight excluding hydrogens is 295 g/mol. The van der Waals surface area contributed by atoms with Gasteiger partial charge in [-0.25, -0.2) is 4.39 Å². The molecule has 21 heavy (non-hydrogen) atoms. The first-order valence-electron chi connectivity index (χ1n) is 7.21. The van der Waals surface area contributed by atoms with Gasteiger partial charge in [-0.15, -0.1) is 0 Å². The van der Waals surface area contributed by atoms with E-state index in [0.29, 0.717) is 26.3 Å². The number of halogens is 2. The number of carbonyl (C=O) groups is 1. The van der Waals surface area contributed by atoms with Crippen molar-refractivity contribution in [3.05, 3.63) is 29.0 Å². The lowest BCUT2D eigenvalue weighted by Gasteiger charge is -2.37. The number of carbonyl (C=O) groups excluding carboxylic acids is 1. The highest BCUT2D eigenvalue weighted by atomic mass is 35.5. The Balaban J connectivity index is 1.59. The van der Waals surface area contributed by atoms with Crippen molar-refractivity contribution < 1.29 is 13.9 Å². The van der Waals surface area contributed by atoms with Gasteiger partial charge in [0.15, 0.2) is 0 Å². The number of anilines is 1. The Morgan fingerprint density at radius 2 is 2.05 bits per heavy atom. The first-order valence-corrected chi connectivity index (χ1v) is 7.59. The molecule has 2 aliphatic rings. The summed E-state index contributed by atoms with van der Waals surface area (Å²) in [4.78, 5) is 16.3. The smallest absolute Gasteiger partial charge is 0.228 e. The van der Waals surface area contributed by atoms with Crippen LogP contribution in [0.15, 0.2) is 18.2 Å². The molecular formula is C15H18ClFN2O2. The molecule has 3 rings (SSSR count). The van der Waals surface area contributed by atoms with Crippen LogP contribution in [0.1, 0.15) is 6.42 Å². The summed E-state index contributed by atoms with van der Waals surface area (Å²) in [5.41, 5.74) is 0.901. The molecule has 0 aliphatic carbocycles. The number of hydrogen-bond acceptors (Lipinski definition) is 3. The lowest BCUT2D eigenvalue weighted by Crippen LogP contribution is -2.50. The van der Waals surface area contributed by atoms with E-state index in [9.17, 15) is 9.18 Å². The van der Waals surface area contributed by atoms with Crippen molar-refractivity contribution in [3.8, 4) is 0 Å². The molecule has 1 amide bonds. The summed E-state index contributed by atoms with van der Waals surface area (Å²) < 4.78 is 18.5. The number of hydrogen-bond donors (Lipinski definition) is 0. The number of piperazine rings is 1. The van der Waals surface area contributed by atoms with Gasteiger partial charge >= 0.3 is 0 Å². The van der Waals surface area contributed by atoms with Gasteiger partial charge in [0.2, 0.25) is 5.91 Å². The average molecular weight is 313 g/mol. The number of benzene rings is 1. The van der Waals surface area contributed by atoms with Crippen LogP contribution in [0.3, 0.4) is 0 Å². The molecule has 0 aromatic heterocycles. The molecule has 0 saturated carbocycles. The topological polar surface area (TPSA) is 32.8 Å². The van der Waals surface area contributed by atoms with E-state index in [0.717, 1.165) is 25.2 Å². The van der Waals surface area contributed by atoms with Crippen molar-refractivity contribution in [1.82, 2.24) is 4.90 Å². The second-order valence-electron chi connectivity index (χ2n) is 5.47. The molecule has 2 saturated heterocycles. The van der Waals surface area contributed by atoms with Crippen molar-refractivity contribution in [2.75, 3.05) is 44.3 Å². The minimum Gasteiger partial charge on any atom is -0.381 e. The molecule has 2 aliphatic heterocycles. The Labute approximate surface area is 128 Å². The fourth-order valence-electron chi connectivity index (χ4n) is 2.85. The van der Waals surface area contributed by atoms with Crippen LogP contribution >= 0.6 is 11.6 Å². The standard InChI is InChI=1S/C15H18ClFN2O2/c16-13-9-12(1-2-14(13)17)18-4-6-19(7-5-18)15(20)11-3-8-21-10-11/h1-2,9,11H,3-8,10H2/t11-/m0/s1. The van der Waals surface area contributed by atoms with Crippen LogP contribution in [0.25, 0.3) is 0 Å². The van der Waals surface area contributed by atoms with Crippen molar-refractivity contribution in [1.29, 1.82) is 0 Å². The molecule has 2 fully saturated rings. The number of nitrogens with zero attached hydrogens (tertiary/aromatic N) is 2. The number of amides is 1. The Kier molecular flexibility index (Phi) is 4.31. The second-order valence-corrected chi connectivity index (χ2v) is 5.88. The van der Waals surface area contributed by atoms with Gasteiger partial charge in [-0.05, 0) is 24.6 Å². The SMILES string of the molecule is O=C([C@H]1CCOC1)N1CCN(c2ccc(F)c(Cl)c2)CC1. The molecule has 2 heterocycles. The third-order valence-electron chi connectivity index (χ3n) is 4.14. The third kappa shape index (κ3) is 3.14. The van der Waals surface area contributed by atoms with Crippen LogP contribution in [-0.2, 0) is 9.53 Å². The Bertz CT molecular complexity index is 526. The molecule has 0 N–H and O–H groups in total. The predicted octanol–water partition coefficient (Wildman–Crippen LogP) is 2.16. The maximum absolute atomic E-state index is 13.2. The van der Waals surface area contributed by atoms with E-state index < -0.39 is 5.82 Å². The summed E-state index contributed by atoms with van der Waals surface area (Å²) >= 11 is 5.82. The van der Waals surface area contributed by atoms with Crippen LogP contribution in [0, 0.1) is 11.7 Å². The Morgan fingerprint density at radius 3 is 2.67 bits per heavy atom. The van der Waals surface area contributed by atoms with Crippen molar-refractivity contribution >= 4 is 23.2 Å². The van der Waals surface area contributed by atoms with Crippen LogP contribution in [0.5, 0.6) is 0 Å². The molecule has 6 heteroatoms. The quantitative estimate of drug-likeness (QED) is 0.839. The summed E-state index contributed by atoms with van der Waals surface area (Å²) in [5, 5.41) is 0.133. The number of rotatable bonds is 2. The van der Waals surface area contributed by atoms with Gasteiger partial charge in [0.25, 0.3) is 0 Å². The van der Waals surface area contributed by atoms with Crippen LogP contribution < -0.4 is 4.90 Å². The van der Waals surface area contributed by atoms with Gasteiger partial charge < -0.3 is 14.5 Å². The zero-order valence-electron chi connectivity index (χ0n) is 11.7. The van der Waals surface area contributed by atoms with Gasteiger partial charge in [-0.3, -0.25) is 4.79 Å². The zero-order chi connectivity index (χ0) is 14.8. The van der Waals surface area contributed by atoms with Crippen molar-refractivity contribution in [2.45, 2.75) is 6.42 Å². The highest BCUT2D eigenvalue weighted by molar-refractivity contribution is 6.31. The van der Waals surface area contributed by atoms with Gasteiger partial charge in [-0.1, -0.05) is 11.6 Å². The Hall–Kier alpha value is -1.33. The predicted molar refractivity (Wildman–Crippen MR) is 79.1 cm³/mol. The molecule has 0 bridgehead atoms. The summed E-state index contributed by atoms with van der Waals surface area (Å²) in [5.74, 6) is -0.184. The molecule has 4 nitrogen and oxygen atoms in total. The summed E-state index contributed by atoms with van der Waals surface area (Å²) in [6.07, 6.45) is 0.826. The molecule has 0 unspecified atom stereocenters. The van der Waals surface area contributed by atoms with E-state index in [4.69, 9.17) is 16.3 Å². The summed E-state index contributed by atoms with van der Waals surface area (Å²) in [6.45, 7) is 4.08. The van der Waals surface area contributed by atoms with Crippen LogP contribution in [-0.4, -0.2) is 50.2 Å². The van der Waals surface area contributed by atoms with E-state index in [-0.39, 0.29) is 16.8 Å². The van der Waals surface area contributed by atoms with Crippen LogP contribution in [0.4, 0.5) is 10.1 Å². The summed E-state index contributed by atoms with van der Waals surface area (Å²) in [6, 6.07) is 4.74. The highest BCUT2D eigenvalue weighted by Crippen LogP contribution is 2.24. The van der Waals surface area contributed by atoms with E-state index in [1.807, 2.05) is 4.90 Å².